The first kappa shape index (κ1) is 13.9. The molecule has 0 spiro atoms. The number of hydrogen-bond donors (Lipinski definition) is 1. The zero-order valence-corrected chi connectivity index (χ0v) is 9.84. The van der Waals surface area contributed by atoms with Gasteiger partial charge in [0.2, 0.25) is 0 Å². The smallest absolute Gasteiger partial charge is 0.0587 e. The van der Waals surface area contributed by atoms with Crippen LogP contribution in [0, 0.1) is 0 Å². The number of rotatable bonds is 10. The van der Waals surface area contributed by atoms with E-state index in [1.165, 1.54) is 19.3 Å². The second kappa shape index (κ2) is 11.0. The minimum Gasteiger partial charge on any atom is -0.383 e. The first-order chi connectivity index (χ1) is 6.85. The van der Waals surface area contributed by atoms with Crippen LogP contribution in [0.3, 0.4) is 0 Å². The molecule has 0 aromatic heterocycles. The maximum Gasteiger partial charge on any atom is 0.0587 e. The Balaban J connectivity index is 3.15. The monoisotopic (exact) mass is 203 g/mol. The van der Waals surface area contributed by atoms with E-state index in [2.05, 4.69) is 12.2 Å². The maximum atomic E-state index is 5.37. The fourth-order valence-corrected chi connectivity index (χ4v) is 1.46. The van der Waals surface area contributed by atoms with Gasteiger partial charge in [-0.2, -0.15) is 0 Å². The third-order valence-corrected chi connectivity index (χ3v) is 2.31. The molecule has 0 rings (SSSR count). The summed E-state index contributed by atoms with van der Waals surface area (Å²) in [4.78, 5) is 0. The molecule has 3 nitrogen and oxygen atoms in total. The summed E-state index contributed by atoms with van der Waals surface area (Å²) >= 11 is 0. The molecule has 14 heavy (non-hydrogen) atoms. The van der Waals surface area contributed by atoms with Crippen molar-refractivity contribution in [3.8, 4) is 0 Å². The lowest BCUT2D eigenvalue weighted by Crippen LogP contribution is -2.21. The van der Waals surface area contributed by atoms with E-state index in [0.29, 0.717) is 6.10 Å². The third-order valence-electron chi connectivity index (χ3n) is 2.31. The van der Waals surface area contributed by atoms with Crippen molar-refractivity contribution in [2.75, 3.05) is 33.9 Å². The molecule has 0 heterocycles. The van der Waals surface area contributed by atoms with Crippen LogP contribution in [-0.4, -0.2) is 40.0 Å². The molecule has 1 atom stereocenters. The molecular weight excluding hydrogens is 178 g/mol. The van der Waals surface area contributed by atoms with Crippen LogP contribution in [0.25, 0.3) is 0 Å². The van der Waals surface area contributed by atoms with Crippen molar-refractivity contribution in [1.29, 1.82) is 0 Å². The van der Waals surface area contributed by atoms with E-state index in [0.717, 1.165) is 26.1 Å². The van der Waals surface area contributed by atoms with Crippen molar-refractivity contribution >= 4 is 0 Å². The highest BCUT2D eigenvalue weighted by molar-refractivity contribution is 4.58. The third kappa shape index (κ3) is 8.48. The van der Waals surface area contributed by atoms with Crippen LogP contribution in [0.2, 0.25) is 0 Å². The summed E-state index contributed by atoms with van der Waals surface area (Å²) in [6.07, 6.45) is 5.17. The highest BCUT2D eigenvalue weighted by atomic mass is 16.5. The molecule has 86 valence electrons. The summed E-state index contributed by atoms with van der Waals surface area (Å²) in [5.74, 6) is 0. The molecule has 0 aromatic rings. The predicted octanol–water partition coefficient (Wildman–Crippen LogP) is 1.82. The van der Waals surface area contributed by atoms with Crippen molar-refractivity contribution in [2.45, 2.75) is 38.7 Å². The zero-order chi connectivity index (χ0) is 10.6. The molecule has 3 heteroatoms. The second-order valence-electron chi connectivity index (χ2n) is 3.53. The molecule has 0 aliphatic carbocycles. The number of nitrogens with one attached hydrogen (secondary N) is 1. The summed E-state index contributed by atoms with van der Waals surface area (Å²) in [5.41, 5.74) is 0. The van der Waals surface area contributed by atoms with Crippen LogP contribution in [-0.2, 0) is 9.47 Å². The molecule has 0 amide bonds. The maximum absolute atomic E-state index is 5.37. The molecule has 1 unspecified atom stereocenters. The molecule has 0 saturated carbocycles. The van der Waals surface area contributed by atoms with Gasteiger partial charge in [-0.1, -0.05) is 13.3 Å². The van der Waals surface area contributed by atoms with Gasteiger partial charge in [0.15, 0.2) is 0 Å². The Morgan fingerprint density at radius 1 is 1.14 bits per heavy atom. The fourth-order valence-electron chi connectivity index (χ4n) is 1.46. The quantitative estimate of drug-likeness (QED) is 0.549. The molecule has 1 N–H and O–H groups in total. The van der Waals surface area contributed by atoms with Crippen LogP contribution >= 0.6 is 0 Å². The Kier molecular flexibility index (Phi) is 10.9. The second-order valence-corrected chi connectivity index (χ2v) is 3.53. The highest BCUT2D eigenvalue weighted by Crippen LogP contribution is 2.07. The summed E-state index contributed by atoms with van der Waals surface area (Å²) in [5, 5.41) is 3.33. The SMILES string of the molecule is CCCC(CCCNCCOC)OC. The molecule has 0 radical (unpaired) electrons. The first-order valence-corrected chi connectivity index (χ1v) is 5.57. The van der Waals surface area contributed by atoms with Crippen molar-refractivity contribution in [3.63, 3.8) is 0 Å². The molecule has 0 aromatic carbocycles. The van der Waals surface area contributed by atoms with Crippen LogP contribution in [0.5, 0.6) is 0 Å². The van der Waals surface area contributed by atoms with Gasteiger partial charge in [0.1, 0.15) is 0 Å². The van der Waals surface area contributed by atoms with E-state index in [-0.39, 0.29) is 0 Å². The van der Waals surface area contributed by atoms with E-state index < -0.39 is 0 Å². The lowest BCUT2D eigenvalue weighted by atomic mass is 10.1. The van der Waals surface area contributed by atoms with E-state index in [9.17, 15) is 0 Å². The Labute approximate surface area is 88.2 Å². The normalized spacial score (nSPS) is 13.1. The summed E-state index contributed by atoms with van der Waals surface area (Å²) in [7, 11) is 3.53. The van der Waals surface area contributed by atoms with Gasteiger partial charge in [-0.25, -0.2) is 0 Å². The van der Waals surface area contributed by atoms with Gasteiger partial charge in [0, 0.05) is 20.8 Å². The van der Waals surface area contributed by atoms with Gasteiger partial charge in [-0.15, -0.1) is 0 Å². The van der Waals surface area contributed by atoms with Crippen LogP contribution in [0.15, 0.2) is 0 Å². The average molecular weight is 203 g/mol. The van der Waals surface area contributed by atoms with Crippen molar-refractivity contribution in [3.05, 3.63) is 0 Å². The zero-order valence-electron chi connectivity index (χ0n) is 9.84. The minimum atomic E-state index is 0.448. The summed E-state index contributed by atoms with van der Waals surface area (Å²) in [6.45, 7) is 5.00. The van der Waals surface area contributed by atoms with Crippen LogP contribution < -0.4 is 5.32 Å². The predicted molar refractivity (Wildman–Crippen MR) is 59.7 cm³/mol. The minimum absolute atomic E-state index is 0.448. The lowest BCUT2D eigenvalue weighted by molar-refractivity contribution is 0.0854. The number of hydrogen-bond acceptors (Lipinski definition) is 3. The Hall–Kier alpha value is -0.120. The molecule has 0 aliphatic heterocycles. The van der Waals surface area contributed by atoms with Gasteiger partial charge < -0.3 is 14.8 Å². The number of ether oxygens (including phenoxy) is 2. The first-order valence-electron chi connectivity index (χ1n) is 5.57. The molecule has 0 bridgehead atoms. The fraction of sp³-hybridized carbons (Fsp3) is 1.00. The highest BCUT2D eigenvalue weighted by Gasteiger charge is 2.04. The van der Waals surface area contributed by atoms with Gasteiger partial charge >= 0.3 is 0 Å². The Bertz CT molecular complexity index is 109. The molecule has 0 saturated heterocycles. The molecular formula is C11H25NO2. The summed E-state index contributed by atoms with van der Waals surface area (Å²) < 4.78 is 10.3. The lowest BCUT2D eigenvalue weighted by Gasteiger charge is -2.13. The average Bonchev–Trinajstić information content (AvgIpc) is 2.21. The van der Waals surface area contributed by atoms with E-state index >= 15 is 0 Å². The van der Waals surface area contributed by atoms with E-state index in [1.807, 2.05) is 0 Å². The summed E-state index contributed by atoms with van der Waals surface area (Å²) in [6, 6.07) is 0. The van der Waals surface area contributed by atoms with Crippen molar-refractivity contribution in [1.82, 2.24) is 5.32 Å². The standard InChI is InChI=1S/C11H25NO2/c1-4-6-11(14-3)7-5-8-12-9-10-13-2/h11-12H,4-10H2,1-3H3. The van der Waals surface area contributed by atoms with E-state index in [1.54, 1.807) is 14.2 Å². The number of methoxy groups -OCH3 is 2. The van der Waals surface area contributed by atoms with E-state index in [4.69, 9.17) is 9.47 Å². The van der Waals surface area contributed by atoms with Gasteiger partial charge in [0.25, 0.3) is 0 Å². The van der Waals surface area contributed by atoms with Gasteiger partial charge in [0.05, 0.1) is 12.7 Å². The van der Waals surface area contributed by atoms with Gasteiger partial charge in [-0.3, -0.25) is 0 Å². The van der Waals surface area contributed by atoms with Gasteiger partial charge in [-0.05, 0) is 25.8 Å². The van der Waals surface area contributed by atoms with Crippen molar-refractivity contribution < 1.29 is 9.47 Å². The van der Waals surface area contributed by atoms with Crippen molar-refractivity contribution in [2.24, 2.45) is 0 Å². The Morgan fingerprint density at radius 3 is 2.50 bits per heavy atom. The van der Waals surface area contributed by atoms with Crippen LogP contribution in [0.1, 0.15) is 32.6 Å². The van der Waals surface area contributed by atoms with Crippen LogP contribution in [0.4, 0.5) is 0 Å². The molecule has 0 fully saturated rings. The molecule has 0 aliphatic rings. The largest absolute Gasteiger partial charge is 0.383 e. The Morgan fingerprint density at radius 2 is 1.93 bits per heavy atom. The topological polar surface area (TPSA) is 30.5 Å².